The molecule has 2 aromatic rings. The highest BCUT2D eigenvalue weighted by Crippen LogP contribution is 2.08. The molecule has 0 saturated heterocycles. The predicted octanol–water partition coefficient (Wildman–Crippen LogP) is 2.89. The standard InChI is InChI=1S/C16H18F2N4.HI/c1-19-16(22-11-15-4-2-3-6-20-15)21-7-5-12-8-13(17)10-14(18)9-12;/h2-4,6,8-10H,5,7,11H2,1H3,(H2,19,21,22);1H. The van der Waals surface area contributed by atoms with Crippen LogP contribution in [0.4, 0.5) is 8.78 Å². The maximum Gasteiger partial charge on any atom is 0.191 e. The Balaban J connectivity index is 0.00000264. The lowest BCUT2D eigenvalue weighted by Crippen LogP contribution is -2.38. The number of nitrogens with one attached hydrogen (secondary N) is 2. The molecule has 0 aliphatic carbocycles. The van der Waals surface area contributed by atoms with Crippen LogP contribution in [0, 0.1) is 11.6 Å². The molecule has 1 aromatic carbocycles. The normalized spacial score (nSPS) is 10.8. The molecule has 1 heterocycles. The van der Waals surface area contributed by atoms with Crippen LogP contribution in [0.5, 0.6) is 0 Å². The second kappa shape index (κ2) is 10.1. The topological polar surface area (TPSA) is 49.3 Å². The van der Waals surface area contributed by atoms with Gasteiger partial charge in [-0.05, 0) is 36.2 Å². The Morgan fingerprint density at radius 1 is 1.13 bits per heavy atom. The van der Waals surface area contributed by atoms with Crippen molar-refractivity contribution in [3.05, 3.63) is 65.5 Å². The van der Waals surface area contributed by atoms with Gasteiger partial charge in [0.05, 0.1) is 12.2 Å². The molecule has 1 aromatic heterocycles. The van der Waals surface area contributed by atoms with Crippen molar-refractivity contribution in [2.45, 2.75) is 13.0 Å². The summed E-state index contributed by atoms with van der Waals surface area (Å²) in [6.45, 7) is 1.07. The summed E-state index contributed by atoms with van der Waals surface area (Å²) >= 11 is 0. The molecular formula is C16H19F2IN4. The van der Waals surface area contributed by atoms with Gasteiger partial charge in [-0.2, -0.15) is 0 Å². The zero-order valence-corrected chi connectivity index (χ0v) is 15.1. The van der Waals surface area contributed by atoms with Crippen molar-refractivity contribution in [3.63, 3.8) is 0 Å². The van der Waals surface area contributed by atoms with E-state index in [-0.39, 0.29) is 24.0 Å². The van der Waals surface area contributed by atoms with E-state index in [4.69, 9.17) is 0 Å². The molecule has 23 heavy (non-hydrogen) atoms. The van der Waals surface area contributed by atoms with E-state index in [1.54, 1.807) is 13.2 Å². The van der Waals surface area contributed by atoms with Crippen molar-refractivity contribution in [2.75, 3.05) is 13.6 Å². The highest BCUT2D eigenvalue weighted by Gasteiger charge is 2.02. The van der Waals surface area contributed by atoms with E-state index in [2.05, 4.69) is 20.6 Å². The van der Waals surface area contributed by atoms with Crippen LogP contribution < -0.4 is 10.6 Å². The van der Waals surface area contributed by atoms with Crippen molar-refractivity contribution in [2.24, 2.45) is 4.99 Å². The van der Waals surface area contributed by atoms with Gasteiger partial charge in [-0.15, -0.1) is 24.0 Å². The van der Waals surface area contributed by atoms with E-state index in [0.29, 0.717) is 31.0 Å². The third-order valence-corrected chi connectivity index (χ3v) is 3.02. The highest BCUT2D eigenvalue weighted by atomic mass is 127. The molecule has 0 bridgehead atoms. The molecule has 0 amide bonds. The van der Waals surface area contributed by atoms with Crippen LogP contribution in [0.25, 0.3) is 0 Å². The van der Waals surface area contributed by atoms with Gasteiger partial charge in [-0.25, -0.2) is 8.78 Å². The lowest BCUT2D eigenvalue weighted by atomic mass is 10.1. The van der Waals surface area contributed by atoms with Gasteiger partial charge in [0.15, 0.2) is 5.96 Å². The van der Waals surface area contributed by atoms with E-state index in [1.165, 1.54) is 12.1 Å². The van der Waals surface area contributed by atoms with Gasteiger partial charge >= 0.3 is 0 Å². The zero-order valence-electron chi connectivity index (χ0n) is 12.7. The van der Waals surface area contributed by atoms with E-state index in [1.807, 2.05) is 18.2 Å². The lowest BCUT2D eigenvalue weighted by molar-refractivity contribution is 0.579. The first-order chi connectivity index (χ1) is 10.7. The molecule has 2 rings (SSSR count). The van der Waals surface area contributed by atoms with Crippen LogP contribution in [0.15, 0.2) is 47.6 Å². The van der Waals surface area contributed by atoms with Gasteiger partial charge in [-0.3, -0.25) is 9.98 Å². The van der Waals surface area contributed by atoms with Crippen LogP contribution in [-0.4, -0.2) is 24.5 Å². The van der Waals surface area contributed by atoms with Crippen molar-refractivity contribution in [1.82, 2.24) is 15.6 Å². The summed E-state index contributed by atoms with van der Waals surface area (Å²) in [5, 5.41) is 6.22. The summed E-state index contributed by atoms with van der Waals surface area (Å²) in [4.78, 5) is 8.29. The molecule has 0 fully saturated rings. The van der Waals surface area contributed by atoms with E-state index in [0.717, 1.165) is 11.8 Å². The average molecular weight is 432 g/mol. The molecule has 0 saturated carbocycles. The summed E-state index contributed by atoms with van der Waals surface area (Å²) in [6, 6.07) is 9.21. The molecule has 0 aliphatic heterocycles. The minimum absolute atomic E-state index is 0. The van der Waals surface area contributed by atoms with E-state index >= 15 is 0 Å². The van der Waals surface area contributed by atoms with E-state index in [9.17, 15) is 8.78 Å². The maximum atomic E-state index is 13.1. The van der Waals surface area contributed by atoms with Crippen molar-refractivity contribution in [1.29, 1.82) is 0 Å². The number of pyridine rings is 1. The maximum absolute atomic E-state index is 13.1. The molecule has 0 aliphatic rings. The van der Waals surface area contributed by atoms with Gasteiger partial charge in [0.2, 0.25) is 0 Å². The average Bonchev–Trinajstić information content (AvgIpc) is 2.50. The summed E-state index contributed by atoms with van der Waals surface area (Å²) in [6.07, 6.45) is 2.23. The molecule has 2 N–H and O–H groups in total. The van der Waals surface area contributed by atoms with Gasteiger partial charge in [-0.1, -0.05) is 6.07 Å². The Labute approximate surface area is 151 Å². The molecule has 0 unspecified atom stereocenters. The number of halogens is 3. The van der Waals surface area contributed by atoms with Crippen LogP contribution in [0.1, 0.15) is 11.3 Å². The monoisotopic (exact) mass is 432 g/mol. The Morgan fingerprint density at radius 3 is 2.48 bits per heavy atom. The third-order valence-electron chi connectivity index (χ3n) is 3.02. The van der Waals surface area contributed by atoms with Crippen LogP contribution in [0.2, 0.25) is 0 Å². The minimum atomic E-state index is -0.562. The zero-order chi connectivity index (χ0) is 15.8. The first-order valence-electron chi connectivity index (χ1n) is 6.97. The fourth-order valence-corrected chi connectivity index (χ4v) is 1.98. The minimum Gasteiger partial charge on any atom is -0.356 e. The van der Waals surface area contributed by atoms with Gasteiger partial charge in [0.1, 0.15) is 11.6 Å². The number of aliphatic imine (C=N–C) groups is 1. The number of nitrogens with zero attached hydrogens (tertiary/aromatic N) is 2. The SMILES string of the molecule is CN=C(NCCc1cc(F)cc(F)c1)NCc1ccccn1.I. The summed E-state index contributed by atoms with van der Waals surface area (Å²) in [5.74, 6) is -0.511. The number of guanidine groups is 1. The second-order valence-electron chi connectivity index (χ2n) is 4.70. The number of rotatable bonds is 5. The molecule has 0 spiro atoms. The summed E-state index contributed by atoms with van der Waals surface area (Å²) in [7, 11) is 1.66. The quantitative estimate of drug-likeness (QED) is 0.434. The smallest absolute Gasteiger partial charge is 0.191 e. The third kappa shape index (κ3) is 6.89. The Kier molecular flexibility index (Phi) is 8.46. The lowest BCUT2D eigenvalue weighted by Gasteiger charge is -2.11. The Bertz CT molecular complexity index is 615. The number of hydrogen-bond donors (Lipinski definition) is 2. The van der Waals surface area contributed by atoms with Crippen molar-refractivity contribution in [3.8, 4) is 0 Å². The highest BCUT2D eigenvalue weighted by molar-refractivity contribution is 14.0. The largest absolute Gasteiger partial charge is 0.356 e. The van der Waals surface area contributed by atoms with Crippen LogP contribution in [0.3, 0.4) is 0 Å². The fourth-order valence-electron chi connectivity index (χ4n) is 1.98. The molecule has 124 valence electrons. The number of hydrogen-bond acceptors (Lipinski definition) is 2. The van der Waals surface area contributed by atoms with E-state index < -0.39 is 11.6 Å². The molecule has 0 atom stereocenters. The Hall–Kier alpha value is -1.77. The molecule has 4 nitrogen and oxygen atoms in total. The van der Waals surface area contributed by atoms with Gasteiger partial charge in [0, 0.05) is 25.9 Å². The van der Waals surface area contributed by atoms with Gasteiger partial charge < -0.3 is 10.6 Å². The number of aromatic nitrogens is 1. The molecular weight excluding hydrogens is 413 g/mol. The first kappa shape index (κ1) is 19.3. The summed E-state index contributed by atoms with van der Waals surface area (Å²) < 4.78 is 26.2. The van der Waals surface area contributed by atoms with Crippen molar-refractivity contribution >= 4 is 29.9 Å². The summed E-state index contributed by atoms with van der Waals surface area (Å²) in [5.41, 5.74) is 1.50. The Morgan fingerprint density at radius 2 is 1.87 bits per heavy atom. The molecule has 0 radical (unpaired) electrons. The second-order valence-corrected chi connectivity index (χ2v) is 4.70. The molecule has 7 heteroatoms. The van der Waals surface area contributed by atoms with Gasteiger partial charge in [0.25, 0.3) is 0 Å². The van der Waals surface area contributed by atoms with Crippen molar-refractivity contribution < 1.29 is 8.78 Å². The first-order valence-corrected chi connectivity index (χ1v) is 6.97. The van der Waals surface area contributed by atoms with Crippen LogP contribution in [-0.2, 0) is 13.0 Å². The fraction of sp³-hybridized carbons (Fsp3) is 0.250. The van der Waals surface area contributed by atoms with Crippen LogP contribution >= 0.6 is 24.0 Å². The number of benzene rings is 1. The predicted molar refractivity (Wildman–Crippen MR) is 97.9 cm³/mol.